The second-order valence-corrected chi connectivity index (χ2v) is 29.0. The van der Waals surface area contributed by atoms with Gasteiger partial charge in [0.25, 0.3) is 23.6 Å². The van der Waals surface area contributed by atoms with Crippen molar-refractivity contribution in [3.8, 4) is 23.0 Å². The molecule has 4 N–H and O–H groups in total. The molecule has 488 valence electrons. The van der Waals surface area contributed by atoms with E-state index in [0.717, 1.165) is 169 Å². The highest BCUT2D eigenvalue weighted by atomic mass is 16.5. The average molecular weight is 1210 g/mol. The molecule has 12 heteroatoms. The molecular formula is C76H116N4O8. The zero-order chi connectivity index (χ0) is 64.7. The molecule has 0 heterocycles. The Morgan fingerprint density at radius 3 is 0.614 bits per heavy atom. The predicted molar refractivity (Wildman–Crippen MR) is 362 cm³/mol. The van der Waals surface area contributed by atoms with E-state index >= 15 is 0 Å². The van der Waals surface area contributed by atoms with Gasteiger partial charge < -0.3 is 40.2 Å². The van der Waals surface area contributed by atoms with Crippen LogP contribution in [0.2, 0.25) is 0 Å². The van der Waals surface area contributed by atoms with Gasteiger partial charge in [-0.15, -0.1) is 0 Å². The first kappa shape index (κ1) is 72.7. The van der Waals surface area contributed by atoms with Gasteiger partial charge in [0.1, 0.15) is 23.0 Å². The Hall–Kier alpha value is -6.04. The number of carbonyl (C=O) groups excluding carboxylic acids is 4. The first-order chi connectivity index (χ1) is 41.7. The van der Waals surface area contributed by atoms with E-state index in [9.17, 15) is 19.2 Å². The molecule has 0 saturated heterocycles. The largest absolute Gasteiger partial charge is 0.483 e. The summed E-state index contributed by atoms with van der Waals surface area (Å²) in [6, 6.07) is 17.8. The van der Waals surface area contributed by atoms with E-state index in [1.54, 1.807) is 0 Å². The maximum Gasteiger partial charge on any atom is 0.257 e. The van der Waals surface area contributed by atoms with Crippen molar-refractivity contribution in [2.45, 2.75) is 261 Å². The van der Waals surface area contributed by atoms with E-state index in [-0.39, 0.29) is 71.7 Å². The smallest absolute Gasteiger partial charge is 0.257 e. The number of nitrogens with one attached hydrogen (secondary N) is 4. The average Bonchev–Trinajstić information content (AvgIpc) is 3.61. The van der Waals surface area contributed by atoms with Gasteiger partial charge in [0.05, 0.1) is 0 Å². The number of amides is 4. The summed E-state index contributed by atoms with van der Waals surface area (Å²) in [6.45, 7) is 36.8. The summed E-state index contributed by atoms with van der Waals surface area (Å²) < 4.78 is 28.0. The number of ether oxygens (including phenoxy) is 4. The Morgan fingerprint density at radius 1 is 0.295 bits per heavy atom. The first-order valence-corrected chi connectivity index (χ1v) is 33.9. The van der Waals surface area contributed by atoms with Crippen molar-refractivity contribution in [3.05, 3.63) is 115 Å². The standard InChI is InChI=1S/C76H116N4O8/c1-17-21-25-29-33-77-65(81)49-85-69-53-37-55-43-62(74(8,9)10)45-57(70(55)86-50-66(82)78-34-30-26-22-18-2)39-59-47-64(76(14,15)16)48-60(72(59)88-52-68(84)80-36-32-28-24-20-4)40-58-46-63(75(11,12)13)44-56(38-54(69)42-61(41-53)73(5,6)7)71(58)87-51-67(83)79-35-31-27-23-19-3/h41-48H,17-40,49-52H2,1-16H3,(H,77,81)(H,78,82)(H,79,83)(H,80,84). The third kappa shape index (κ3) is 23.4. The second kappa shape index (κ2) is 34.8. The molecule has 12 nitrogen and oxygen atoms in total. The topological polar surface area (TPSA) is 153 Å². The Bertz CT molecular complexity index is 2410. The number of rotatable bonds is 32. The molecule has 0 atom stereocenters. The van der Waals surface area contributed by atoms with Crippen LogP contribution in [0.4, 0.5) is 0 Å². The number of fused-ring (bicyclic) bond motifs is 8. The minimum absolute atomic E-state index is 0.197. The molecule has 88 heavy (non-hydrogen) atoms. The van der Waals surface area contributed by atoms with Gasteiger partial charge in [-0.2, -0.15) is 0 Å². The highest BCUT2D eigenvalue weighted by Gasteiger charge is 2.30. The lowest BCUT2D eigenvalue weighted by molar-refractivity contribution is -0.123. The van der Waals surface area contributed by atoms with E-state index in [1.807, 2.05) is 0 Å². The molecule has 4 aromatic carbocycles. The monoisotopic (exact) mass is 1210 g/mol. The fourth-order valence-corrected chi connectivity index (χ4v) is 11.2. The number of hydrogen-bond acceptors (Lipinski definition) is 8. The molecular weight excluding hydrogens is 1100 g/mol. The minimum Gasteiger partial charge on any atom is -0.483 e. The van der Waals surface area contributed by atoms with E-state index in [2.05, 4.69) is 181 Å². The van der Waals surface area contributed by atoms with Crippen LogP contribution in [0.1, 0.15) is 280 Å². The minimum atomic E-state index is -0.325. The fraction of sp³-hybridized carbons (Fsp3) is 0.632. The van der Waals surface area contributed by atoms with Gasteiger partial charge in [-0.05, 0) is 114 Å². The van der Waals surface area contributed by atoms with Crippen LogP contribution >= 0.6 is 0 Å². The summed E-state index contributed by atoms with van der Waals surface area (Å²) in [6.07, 6.45) is 17.9. The maximum absolute atomic E-state index is 14.0. The number of hydrogen-bond donors (Lipinski definition) is 4. The summed E-state index contributed by atoms with van der Waals surface area (Å²) >= 11 is 0. The van der Waals surface area contributed by atoms with Crippen LogP contribution in [0.3, 0.4) is 0 Å². The van der Waals surface area contributed by atoms with Gasteiger partial charge in [-0.1, -0.05) is 236 Å². The summed E-state index contributed by atoms with van der Waals surface area (Å²) in [5, 5.41) is 12.6. The maximum atomic E-state index is 14.0. The van der Waals surface area contributed by atoms with E-state index in [1.165, 1.54) is 0 Å². The van der Waals surface area contributed by atoms with Gasteiger partial charge >= 0.3 is 0 Å². The van der Waals surface area contributed by atoms with Crippen LogP contribution in [0.5, 0.6) is 23.0 Å². The molecule has 0 saturated carbocycles. The lowest BCUT2D eigenvalue weighted by atomic mass is 9.79. The van der Waals surface area contributed by atoms with E-state index in [4.69, 9.17) is 18.9 Å². The molecule has 4 amide bonds. The SMILES string of the molecule is CCCCCCNC(=O)COc1c2cc(C(C)(C)C)cc1Cc1cc(C(C)(C)C)cc(c1OCC(=O)NCCCCCC)Cc1cc(C(C)(C)C)cc(c1OCC(=O)NCCCCCC)Cc1cc(C(C)(C)C)cc(c1OCC(=O)NCCCCCC)C2. The third-order valence-corrected chi connectivity index (χ3v) is 16.8. The van der Waals surface area contributed by atoms with Crippen LogP contribution < -0.4 is 40.2 Å². The van der Waals surface area contributed by atoms with Crippen molar-refractivity contribution in [1.82, 2.24) is 21.3 Å². The van der Waals surface area contributed by atoms with Crippen molar-refractivity contribution >= 4 is 23.6 Å². The number of unbranched alkanes of at least 4 members (excludes halogenated alkanes) is 12. The molecule has 0 radical (unpaired) electrons. The van der Waals surface area contributed by atoms with Gasteiger partial charge in [-0.25, -0.2) is 0 Å². The normalized spacial score (nSPS) is 12.7. The number of carbonyl (C=O) groups is 4. The second-order valence-electron chi connectivity index (χ2n) is 29.0. The summed E-state index contributed by atoms with van der Waals surface area (Å²) in [7, 11) is 0. The Kier molecular flexibility index (Phi) is 28.8. The molecule has 0 unspecified atom stereocenters. The number of benzene rings is 4. The Labute approximate surface area is 532 Å². The molecule has 0 fully saturated rings. The molecule has 1 aliphatic carbocycles. The zero-order valence-electron chi connectivity index (χ0n) is 57.7. The van der Waals surface area contributed by atoms with E-state index in [0.29, 0.717) is 74.9 Å². The Morgan fingerprint density at radius 2 is 0.466 bits per heavy atom. The lowest BCUT2D eigenvalue weighted by Gasteiger charge is -2.29. The highest BCUT2D eigenvalue weighted by molar-refractivity contribution is 5.79. The predicted octanol–water partition coefficient (Wildman–Crippen LogP) is 15.9. The van der Waals surface area contributed by atoms with Crippen molar-refractivity contribution < 1.29 is 38.1 Å². The quantitative estimate of drug-likeness (QED) is 0.0311. The molecule has 4 aromatic rings. The van der Waals surface area contributed by atoms with Crippen LogP contribution in [0.15, 0.2) is 48.5 Å². The Balaban J connectivity index is 1.92. The molecule has 1 aliphatic rings. The van der Waals surface area contributed by atoms with Gasteiger partial charge in [-0.3, -0.25) is 19.2 Å². The molecule has 0 spiro atoms. The van der Waals surface area contributed by atoms with Crippen LogP contribution in [-0.4, -0.2) is 76.2 Å². The molecule has 0 aromatic heterocycles. The lowest BCUT2D eigenvalue weighted by Crippen LogP contribution is -2.30. The van der Waals surface area contributed by atoms with Crippen LogP contribution in [-0.2, 0) is 66.5 Å². The molecule has 0 aliphatic heterocycles. The van der Waals surface area contributed by atoms with Crippen molar-refractivity contribution in [1.29, 1.82) is 0 Å². The zero-order valence-corrected chi connectivity index (χ0v) is 57.7. The first-order valence-electron chi connectivity index (χ1n) is 33.9. The van der Waals surface area contributed by atoms with Crippen LogP contribution in [0, 0.1) is 0 Å². The summed E-state index contributed by atoms with van der Waals surface area (Å²) in [5.74, 6) is 1.59. The van der Waals surface area contributed by atoms with Gasteiger partial charge in [0.2, 0.25) is 0 Å². The van der Waals surface area contributed by atoms with E-state index < -0.39 is 0 Å². The van der Waals surface area contributed by atoms with Crippen molar-refractivity contribution in [2.75, 3.05) is 52.6 Å². The molecule has 5 rings (SSSR count). The summed E-state index contributed by atoms with van der Waals surface area (Å²) in [5.41, 5.74) is 9.96. The van der Waals surface area contributed by atoms with Crippen LogP contribution in [0.25, 0.3) is 0 Å². The van der Waals surface area contributed by atoms with Gasteiger partial charge in [0, 0.05) is 51.9 Å². The molecule has 8 bridgehead atoms. The van der Waals surface area contributed by atoms with Gasteiger partial charge in [0.15, 0.2) is 26.4 Å². The highest BCUT2D eigenvalue weighted by Crippen LogP contribution is 2.44. The fourth-order valence-electron chi connectivity index (χ4n) is 11.2. The van der Waals surface area contributed by atoms with Crippen molar-refractivity contribution in [3.63, 3.8) is 0 Å². The summed E-state index contributed by atoms with van der Waals surface area (Å²) in [4.78, 5) is 55.9. The van der Waals surface area contributed by atoms with Crippen molar-refractivity contribution in [2.24, 2.45) is 0 Å². The third-order valence-electron chi connectivity index (χ3n) is 16.8.